The molecular formula is C13H15N5S. The minimum atomic E-state index is 0.711. The summed E-state index contributed by atoms with van der Waals surface area (Å²) in [4.78, 5) is 10.1. The van der Waals surface area contributed by atoms with Crippen LogP contribution in [0.5, 0.6) is 0 Å². The monoisotopic (exact) mass is 273 g/mol. The molecule has 19 heavy (non-hydrogen) atoms. The van der Waals surface area contributed by atoms with Crippen LogP contribution in [0.2, 0.25) is 0 Å². The Morgan fingerprint density at radius 2 is 2.32 bits per heavy atom. The first kappa shape index (κ1) is 11.2. The first-order valence-corrected chi connectivity index (χ1v) is 7.41. The molecule has 4 rings (SSSR count). The van der Waals surface area contributed by atoms with E-state index < -0.39 is 0 Å². The Hall–Kier alpha value is -1.66. The second kappa shape index (κ2) is 4.47. The van der Waals surface area contributed by atoms with Crippen molar-refractivity contribution in [2.45, 2.75) is 32.0 Å². The lowest BCUT2D eigenvalue weighted by Crippen LogP contribution is -2.19. The van der Waals surface area contributed by atoms with Crippen LogP contribution in [-0.4, -0.2) is 25.0 Å². The van der Waals surface area contributed by atoms with E-state index >= 15 is 0 Å². The molecule has 0 aromatic carbocycles. The van der Waals surface area contributed by atoms with Gasteiger partial charge in [0.2, 0.25) is 0 Å². The van der Waals surface area contributed by atoms with Gasteiger partial charge >= 0.3 is 0 Å². The number of nitrogens with one attached hydrogen (secondary N) is 1. The average Bonchev–Trinajstić information content (AvgIpc) is 2.80. The Bertz CT molecular complexity index is 662. The van der Waals surface area contributed by atoms with Crippen molar-refractivity contribution in [2.75, 3.05) is 0 Å². The van der Waals surface area contributed by atoms with Crippen molar-refractivity contribution in [1.82, 2.24) is 24.3 Å². The molecule has 5 nitrogen and oxygen atoms in total. The highest BCUT2D eigenvalue weighted by molar-refractivity contribution is 7.15. The number of imidazole rings is 2. The summed E-state index contributed by atoms with van der Waals surface area (Å²) in [7, 11) is 0. The van der Waals surface area contributed by atoms with Crippen LogP contribution in [0.1, 0.15) is 24.4 Å². The summed E-state index contributed by atoms with van der Waals surface area (Å²) in [6.07, 6.45) is 10.6. The number of aromatic nitrogens is 4. The smallest absolute Gasteiger partial charge is 0.193 e. The molecular weight excluding hydrogens is 258 g/mol. The maximum Gasteiger partial charge on any atom is 0.193 e. The van der Waals surface area contributed by atoms with Crippen molar-refractivity contribution in [3.05, 3.63) is 41.7 Å². The van der Waals surface area contributed by atoms with E-state index in [1.165, 1.54) is 12.8 Å². The Kier molecular flexibility index (Phi) is 2.63. The SMILES string of the molecule is c1cn(Cc2cn3ccsc3n2)c(CNC2CC2)n1. The second-order valence-corrected chi connectivity index (χ2v) is 5.82. The lowest BCUT2D eigenvalue weighted by Gasteiger charge is -2.06. The van der Waals surface area contributed by atoms with Gasteiger partial charge in [0.05, 0.1) is 18.8 Å². The van der Waals surface area contributed by atoms with Crippen LogP contribution in [0.4, 0.5) is 0 Å². The van der Waals surface area contributed by atoms with Gasteiger partial charge < -0.3 is 9.88 Å². The molecule has 1 N–H and O–H groups in total. The highest BCUT2D eigenvalue weighted by Gasteiger charge is 2.20. The molecule has 0 unspecified atom stereocenters. The highest BCUT2D eigenvalue weighted by atomic mass is 32.1. The van der Waals surface area contributed by atoms with Crippen LogP contribution < -0.4 is 5.32 Å². The van der Waals surface area contributed by atoms with Gasteiger partial charge in [-0.25, -0.2) is 9.97 Å². The summed E-state index contributed by atoms with van der Waals surface area (Å²) >= 11 is 1.66. The molecule has 1 aliphatic carbocycles. The molecule has 0 atom stereocenters. The lowest BCUT2D eigenvalue weighted by molar-refractivity contribution is 0.616. The van der Waals surface area contributed by atoms with Gasteiger partial charge in [-0.1, -0.05) is 0 Å². The van der Waals surface area contributed by atoms with Gasteiger partial charge in [0.1, 0.15) is 5.82 Å². The average molecular weight is 273 g/mol. The molecule has 1 saturated carbocycles. The summed E-state index contributed by atoms with van der Waals surface area (Å²) in [6.45, 7) is 1.63. The molecule has 6 heteroatoms. The van der Waals surface area contributed by atoms with Gasteiger partial charge in [0.15, 0.2) is 4.96 Å². The number of thiazole rings is 1. The molecule has 0 saturated heterocycles. The Labute approximate surface area is 114 Å². The summed E-state index contributed by atoms with van der Waals surface area (Å²) in [5, 5.41) is 5.55. The van der Waals surface area contributed by atoms with Gasteiger partial charge in [0, 0.05) is 36.2 Å². The third kappa shape index (κ3) is 2.29. The van der Waals surface area contributed by atoms with Crippen LogP contribution in [0.3, 0.4) is 0 Å². The van der Waals surface area contributed by atoms with E-state index in [1.807, 2.05) is 24.0 Å². The van der Waals surface area contributed by atoms with Crippen LogP contribution in [-0.2, 0) is 13.1 Å². The number of fused-ring (bicyclic) bond motifs is 1. The molecule has 1 fully saturated rings. The Balaban J connectivity index is 1.51. The summed E-state index contributed by atoms with van der Waals surface area (Å²) in [5.41, 5.74) is 1.08. The zero-order valence-corrected chi connectivity index (χ0v) is 11.3. The van der Waals surface area contributed by atoms with Crippen LogP contribution >= 0.6 is 11.3 Å². The van der Waals surface area contributed by atoms with Gasteiger partial charge in [0.25, 0.3) is 0 Å². The van der Waals surface area contributed by atoms with Gasteiger partial charge in [-0.3, -0.25) is 4.40 Å². The molecule has 0 amide bonds. The van der Waals surface area contributed by atoms with Gasteiger partial charge in [-0.05, 0) is 12.8 Å². The fraction of sp³-hybridized carbons (Fsp3) is 0.385. The predicted octanol–water partition coefficient (Wildman–Crippen LogP) is 1.89. The van der Waals surface area contributed by atoms with Crippen LogP contribution in [0.25, 0.3) is 4.96 Å². The van der Waals surface area contributed by atoms with Crippen molar-refractivity contribution >= 4 is 16.3 Å². The van der Waals surface area contributed by atoms with Crippen LogP contribution in [0, 0.1) is 0 Å². The fourth-order valence-electron chi connectivity index (χ4n) is 2.20. The maximum atomic E-state index is 4.61. The van der Waals surface area contributed by atoms with E-state index in [-0.39, 0.29) is 0 Å². The fourth-order valence-corrected chi connectivity index (χ4v) is 2.92. The zero-order chi connectivity index (χ0) is 12.7. The maximum absolute atomic E-state index is 4.61. The first-order chi connectivity index (χ1) is 9.38. The highest BCUT2D eigenvalue weighted by Crippen LogP contribution is 2.19. The number of nitrogens with zero attached hydrogens (tertiary/aromatic N) is 4. The standard InChI is InChI=1S/C13H15N5S/c1-2-10(1)15-7-12-14-3-4-17(12)8-11-9-18-5-6-19-13(18)16-11/h3-6,9-10,15H,1-2,7-8H2. The molecule has 98 valence electrons. The van der Waals surface area contributed by atoms with Crippen molar-refractivity contribution in [3.63, 3.8) is 0 Å². The minimum Gasteiger partial charge on any atom is -0.328 e. The van der Waals surface area contributed by atoms with Crippen molar-refractivity contribution in [2.24, 2.45) is 0 Å². The van der Waals surface area contributed by atoms with Crippen molar-refractivity contribution in [3.8, 4) is 0 Å². The summed E-state index contributed by atoms with van der Waals surface area (Å²) < 4.78 is 4.24. The third-order valence-electron chi connectivity index (χ3n) is 3.40. The van der Waals surface area contributed by atoms with E-state index in [9.17, 15) is 0 Å². The van der Waals surface area contributed by atoms with Crippen molar-refractivity contribution in [1.29, 1.82) is 0 Å². The molecule has 0 radical (unpaired) electrons. The molecule has 0 spiro atoms. The number of hydrogen-bond acceptors (Lipinski definition) is 4. The number of hydrogen-bond donors (Lipinski definition) is 1. The molecule has 1 aliphatic rings. The summed E-state index contributed by atoms with van der Waals surface area (Å²) in [6, 6.07) is 0.711. The largest absolute Gasteiger partial charge is 0.328 e. The second-order valence-electron chi connectivity index (χ2n) is 4.95. The summed E-state index contributed by atoms with van der Waals surface area (Å²) in [5.74, 6) is 1.09. The molecule has 0 aliphatic heterocycles. The number of rotatable bonds is 5. The first-order valence-electron chi connectivity index (χ1n) is 6.53. The molecule has 3 aromatic heterocycles. The lowest BCUT2D eigenvalue weighted by atomic mass is 10.4. The Morgan fingerprint density at radius 3 is 3.16 bits per heavy atom. The van der Waals surface area contributed by atoms with E-state index in [4.69, 9.17) is 0 Å². The van der Waals surface area contributed by atoms with Crippen LogP contribution in [0.15, 0.2) is 30.2 Å². The van der Waals surface area contributed by atoms with Gasteiger partial charge in [-0.15, -0.1) is 11.3 Å². The molecule has 3 aromatic rings. The van der Waals surface area contributed by atoms with E-state index in [0.29, 0.717) is 6.04 Å². The topological polar surface area (TPSA) is 47.1 Å². The zero-order valence-electron chi connectivity index (χ0n) is 10.5. The van der Waals surface area contributed by atoms with E-state index in [0.717, 1.165) is 29.6 Å². The quantitative estimate of drug-likeness (QED) is 0.772. The Morgan fingerprint density at radius 1 is 1.37 bits per heavy atom. The van der Waals surface area contributed by atoms with Gasteiger partial charge in [-0.2, -0.15) is 0 Å². The minimum absolute atomic E-state index is 0.711. The van der Waals surface area contributed by atoms with Crippen molar-refractivity contribution < 1.29 is 0 Å². The third-order valence-corrected chi connectivity index (χ3v) is 4.17. The van der Waals surface area contributed by atoms with E-state index in [1.54, 1.807) is 11.3 Å². The molecule has 3 heterocycles. The normalized spacial score (nSPS) is 15.4. The van der Waals surface area contributed by atoms with E-state index in [2.05, 4.69) is 30.4 Å². The predicted molar refractivity (Wildman–Crippen MR) is 74.3 cm³/mol. The molecule has 0 bridgehead atoms.